The van der Waals surface area contributed by atoms with E-state index in [4.69, 9.17) is 37.9 Å². The van der Waals surface area contributed by atoms with Crippen LogP contribution in [0, 0.1) is 11.3 Å². The quantitative estimate of drug-likeness (QED) is 0.765. The number of aromatic nitrogens is 3. The van der Waals surface area contributed by atoms with E-state index in [-0.39, 0.29) is 21.5 Å². The van der Waals surface area contributed by atoms with Crippen LogP contribution in [0.3, 0.4) is 0 Å². The van der Waals surface area contributed by atoms with Crippen LogP contribution >= 0.6 is 23.2 Å². The molecule has 0 spiro atoms. The number of halogens is 2. The second-order valence-corrected chi connectivity index (χ2v) is 5.92. The predicted octanol–water partition coefficient (Wildman–Crippen LogP) is 0.576. The third-order valence-corrected chi connectivity index (χ3v) is 4.00. The summed E-state index contributed by atoms with van der Waals surface area (Å²) < 4.78 is 11.8. The fraction of sp³-hybridized carbons (Fsp3) is 0.286. The maximum atomic E-state index is 11.9. The minimum absolute atomic E-state index is 0.0891. The molecule has 10 nitrogen and oxygen atoms in total. The lowest BCUT2D eigenvalue weighted by molar-refractivity contribution is -0.0517. The number of hydrogen-bond acceptors (Lipinski definition) is 8. The zero-order chi connectivity index (χ0) is 18.8. The number of ether oxygens (including phenoxy) is 2. The molecule has 0 bridgehead atoms. The van der Waals surface area contributed by atoms with Gasteiger partial charge in [0.15, 0.2) is 5.75 Å². The lowest BCUT2D eigenvalue weighted by Crippen LogP contribution is -2.38. The Morgan fingerprint density at radius 2 is 2.12 bits per heavy atom. The Balaban J connectivity index is 1.95. The zero-order valence-electron chi connectivity index (χ0n) is 13.3. The molecule has 26 heavy (non-hydrogen) atoms. The summed E-state index contributed by atoms with van der Waals surface area (Å²) in [4.78, 5) is 25.4. The Hall–Kier alpha value is -2.42. The van der Waals surface area contributed by atoms with Gasteiger partial charge in [-0.3, -0.25) is 9.78 Å². The highest BCUT2D eigenvalue weighted by molar-refractivity contribution is 6.37. The summed E-state index contributed by atoms with van der Waals surface area (Å²) >= 11 is 12.4. The average Bonchev–Trinajstić information content (AvgIpc) is 3.06. The maximum Gasteiger partial charge on any atom is 0.349 e. The van der Waals surface area contributed by atoms with Crippen LogP contribution in [0.5, 0.6) is 5.75 Å². The number of benzene rings is 1. The summed E-state index contributed by atoms with van der Waals surface area (Å²) in [6.45, 7) is 2.99. The lowest BCUT2D eigenvalue weighted by atomic mass is 10.3. The number of rotatable bonds is 4. The van der Waals surface area contributed by atoms with Crippen molar-refractivity contribution >= 4 is 23.2 Å². The largest absolute Gasteiger partial charge is 0.447 e. The normalized spacial score (nSPS) is 17.2. The van der Waals surface area contributed by atoms with Crippen LogP contribution < -0.4 is 21.4 Å². The summed E-state index contributed by atoms with van der Waals surface area (Å²) in [5.41, 5.74) is 0.912. The number of nitrogens with one attached hydrogen (secondary N) is 2. The summed E-state index contributed by atoms with van der Waals surface area (Å²) in [5, 5.41) is 14.5. The second kappa shape index (κ2) is 7.45. The monoisotopic (exact) mass is 398 g/mol. The Labute approximate surface area is 156 Å². The molecule has 1 aromatic carbocycles. The fourth-order valence-corrected chi connectivity index (χ4v) is 2.73. The van der Waals surface area contributed by atoms with Crippen molar-refractivity contribution in [2.75, 3.05) is 13.3 Å². The molecule has 1 aliphatic heterocycles. The molecule has 1 unspecified atom stereocenters. The first-order valence-corrected chi connectivity index (χ1v) is 8.11. The Morgan fingerprint density at radius 1 is 1.42 bits per heavy atom. The number of H-pyrrole nitrogens is 1. The van der Waals surface area contributed by atoms with Crippen molar-refractivity contribution in [1.29, 1.82) is 5.26 Å². The van der Waals surface area contributed by atoms with Gasteiger partial charge < -0.3 is 9.47 Å². The van der Waals surface area contributed by atoms with Gasteiger partial charge in [-0.1, -0.05) is 30.1 Å². The van der Waals surface area contributed by atoms with E-state index in [2.05, 4.69) is 10.5 Å². The van der Waals surface area contributed by atoms with Crippen molar-refractivity contribution in [3.05, 3.63) is 48.7 Å². The van der Waals surface area contributed by atoms with E-state index in [1.54, 1.807) is 11.1 Å². The third-order valence-electron chi connectivity index (χ3n) is 3.44. The fourth-order valence-electron chi connectivity index (χ4n) is 2.16. The summed E-state index contributed by atoms with van der Waals surface area (Å²) in [6.07, 6.45) is -0.769. The summed E-state index contributed by atoms with van der Waals surface area (Å²) in [6, 6.07) is 4.32. The van der Waals surface area contributed by atoms with Crippen molar-refractivity contribution in [2.45, 2.75) is 13.3 Å². The van der Waals surface area contributed by atoms with Crippen LogP contribution in [-0.2, 0) is 4.74 Å². The first-order valence-electron chi connectivity index (χ1n) is 7.35. The van der Waals surface area contributed by atoms with E-state index < -0.39 is 23.4 Å². The molecule has 3 rings (SSSR count). The van der Waals surface area contributed by atoms with E-state index in [1.807, 2.05) is 11.9 Å². The first-order chi connectivity index (χ1) is 12.4. The van der Waals surface area contributed by atoms with E-state index in [1.165, 1.54) is 12.1 Å². The standard InChI is InChI=1S/C14H12Cl2N6O4/c1-2-21-6-25-14(20-21)26-11-8(15)3-7(4-9(11)16)22-13(24)18-12(23)10(5-17)19-22/h3-4,14,20H,2,6H2,1H3,(H,18,23,24). The van der Waals surface area contributed by atoms with Crippen molar-refractivity contribution in [3.63, 3.8) is 0 Å². The van der Waals surface area contributed by atoms with E-state index in [9.17, 15) is 9.59 Å². The molecule has 12 heteroatoms. The summed E-state index contributed by atoms with van der Waals surface area (Å²) in [5.74, 6) is 0.144. The van der Waals surface area contributed by atoms with E-state index in [0.29, 0.717) is 13.3 Å². The van der Waals surface area contributed by atoms with Gasteiger partial charge in [-0.15, -0.1) is 5.10 Å². The molecule has 0 amide bonds. The first kappa shape index (κ1) is 18.4. The van der Waals surface area contributed by atoms with Crippen LogP contribution in [0.4, 0.5) is 0 Å². The van der Waals surface area contributed by atoms with Gasteiger partial charge in [0.05, 0.1) is 15.7 Å². The molecule has 0 saturated carbocycles. The number of nitrogens with zero attached hydrogens (tertiary/aromatic N) is 4. The zero-order valence-corrected chi connectivity index (χ0v) is 14.8. The smallest absolute Gasteiger partial charge is 0.349 e. The Kier molecular flexibility index (Phi) is 5.26. The molecule has 1 atom stereocenters. The number of hydrazine groups is 1. The third kappa shape index (κ3) is 3.57. The average molecular weight is 399 g/mol. The summed E-state index contributed by atoms with van der Waals surface area (Å²) in [7, 11) is 0. The molecular weight excluding hydrogens is 387 g/mol. The molecule has 0 aliphatic carbocycles. The van der Waals surface area contributed by atoms with E-state index in [0.717, 1.165) is 4.68 Å². The lowest BCUT2D eigenvalue weighted by Gasteiger charge is -2.17. The highest BCUT2D eigenvalue weighted by atomic mass is 35.5. The van der Waals surface area contributed by atoms with Crippen molar-refractivity contribution < 1.29 is 9.47 Å². The molecule has 2 heterocycles. The highest BCUT2D eigenvalue weighted by Crippen LogP contribution is 2.35. The van der Waals surface area contributed by atoms with Crippen LogP contribution in [0.1, 0.15) is 12.6 Å². The van der Waals surface area contributed by atoms with Gasteiger partial charge in [0, 0.05) is 6.54 Å². The molecule has 2 N–H and O–H groups in total. The second-order valence-electron chi connectivity index (χ2n) is 5.10. The number of aromatic amines is 1. The van der Waals surface area contributed by atoms with Gasteiger partial charge in [-0.25, -0.2) is 9.80 Å². The SMILES string of the molecule is CCN1COC(Oc2c(Cl)cc(-n3nc(C#N)c(=O)[nH]c3=O)cc2Cl)N1. The van der Waals surface area contributed by atoms with Gasteiger partial charge in [-0.2, -0.15) is 15.4 Å². The minimum atomic E-state index is -0.879. The van der Waals surface area contributed by atoms with Gasteiger partial charge in [-0.05, 0) is 12.1 Å². The van der Waals surface area contributed by atoms with Crippen LogP contribution in [0.15, 0.2) is 21.7 Å². The predicted molar refractivity (Wildman–Crippen MR) is 91.1 cm³/mol. The van der Waals surface area contributed by atoms with Gasteiger partial charge >= 0.3 is 5.69 Å². The minimum Gasteiger partial charge on any atom is -0.447 e. The van der Waals surface area contributed by atoms with E-state index >= 15 is 0 Å². The molecule has 1 aliphatic rings. The molecule has 1 fully saturated rings. The van der Waals surface area contributed by atoms with Gasteiger partial charge in [0.1, 0.15) is 12.8 Å². The molecule has 0 radical (unpaired) electrons. The topological polar surface area (TPSA) is 125 Å². The van der Waals surface area contributed by atoms with Crippen molar-refractivity contribution in [3.8, 4) is 17.5 Å². The Morgan fingerprint density at radius 3 is 2.69 bits per heavy atom. The number of nitriles is 1. The molecule has 1 aromatic heterocycles. The van der Waals surface area contributed by atoms with Gasteiger partial charge in [0.2, 0.25) is 5.69 Å². The molecule has 136 valence electrons. The maximum absolute atomic E-state index is 11.9. The Bertz CT molecular complexity index is 975. The molecule has 1 saturated heterocycles. The van der Waals surface area contributed by atoms with Gasteiger partial charge in [0.25, 0.3) is 12.0 Å². The van der Waals surface area contributed by atoms with Crippen LogP contribution in [-0.4, -0.2) is 39.5 Å². The molecular formula is C14H12Cl2N6O4. The molecule has 2 aromatic rings. The van der Waals surface area contributed by atoms with Crippen LogP contribution in [0.2, 0.25) is 10.0 Å². The highest BCUT2D eigenvalue weighted by Gasteiger charge is 2.25. The number of hydrogen-bond donors (Lipinski definition) is 2. The van der Waals surface area contributed by atoms with Crippen LogP contribution in [0.25, 0.3) is 5.69 Å². The van der Waals surface area contributed by atoms with Crippen molar-refractivity contribution in [2.24, 2.45) is 0 Å². The van der Waals surface area contributed by atoms with Crippen molar-refractivity contribution in [1.82, 2.24) is 25.2 Å².